The Morgan fingerprint density at radius 2 is 2.13 bits per heavy atom. The van der Waals surface area contributed by atoms with Crippen molar-refractivity contribution in [1.29, 1.82) is 5.26 Å². The van der Waals surface area contributed by atoms with Gasteiger partial charge in [-0.2, -0.15) is 5.26 Å². The van der Waals surface area contributed by atoms with Crippen molar-refractivity contribution in [3.05, 3.63) is 29.6 Å². The molecule has 0 heterocycles. The number of nitriles is 1. The van der Waals surface area contributed by atoms with Crippen LogP contribution in [0.5, 0.6) is 0 Å². The second-order valence-corrected chi connectivity index (χ2v) is 3.67. The van der Waals surface area contributed by atoms with Gasteiger partial charge in [-0.3, -0.25) is 0 Å². The van der Waals surface area contributed by atoms with E-state index in [0.717, 1.165) is 0 Å². The molecule has 3 heteroatoms. The van der Waals surface area contributed by atoms with Crippen molar-refractivity contribution in [2.24, 2.45) is 0 Å². The van der Waals surface area contributed by atoms with Crippen LogP contribution in [0.15, 0.2) is 18.2 Å². The van der Waals surface area contributed by atoms with Gasteiger partial charge in [-0.1, -0.05) is 12.0 Å². The van der Waals surface area contributed by atoms with Gasteiger partial charge in [-0.15, -0.1) is 6.42 Å². The maximum Gasteiger partial charge on any atom is 0.143 e. The van der Waals surface area contributed by atoms with Gasteiger partial charge in [-0.25, -0.2) is 4.39 Å². The van der Waals surface area contributed by atoms with Gasteiger partial charge >= 0.3 is 0 Å². The van der Waals surface area contributed by atoms with Gasteiger partial charge < -0.3 is 5.32 Å². The normalized spacial score (nSPS) is 10.2. The Bertz CT molecular complexity index is 450. The molecule has 1 aromatic carbocycles. The minimum Gasteiger partial charge on any atom is -0.368 e. The van der Waals surface area contributed by atoms with E-state index < -0.39 is 11.4 Å². The van der Waals surface area contributed by atoms with Crippen molar-refractivity contribution in [2.75, 3.05) is 5.32 Å². The molecule has 0 atom stereocenters. The van der Waals surface area contributed by atoms with Crippen molar-refractivity contribution in [1.82, 2.24) is 0 Å². The quantitative estimate of drug-likeness (QED) is 0.748. The van der Waals surface area contributed by atoms with Crippen LogP contribution >= 0.6 is 0 Å². The van der Waals surface area contributed by atoms with Crippen LogP contribution in [-0.4, -0.2) is 5.54 Å². The summed E-state index contributed by atoms with van der Waals surface area (Å²) in [6, 6.07) is 6.21. The monoisotopic (exact) mass is 202 g/mol. The van der Waals surface area contributed by atoms with Crippen molar-refractivity contribution in [2.45, 2.75) is 19.4 Å². The fraction of sp³-hybridized carbons (Fsp3) is 0.250. The van der Waals surface area contributed by atoms with Gasteiger partial charge in [0, 0.05) is 0 Å². The summed E-state index contributed by atoms with van der Waals surface area (Å²) in [7, 11) is 0. The van der Waals surface area contributed by atoms with E-state index in [-0.39, 0.29) is 5.56 Å². The molecule has 0 amide bonds. The summed E-state index contributed by atoms with van der Waals surface area (Å²) in [6.45, 7) is 3.55. The molecule has 0 fully saturated rings. The van der Waals surface area contributed by atoms with E-state index >= 15 is 0 Å². The molecule has 76 valence electrons. The highest BCUT2D eigenvalue weighted by molar-refractivity contribution is 5.60. The van der Waals surface area contributed by atoms with E-state index in [0.29, 0.717) is 5.69 Å². The summed E-state index contributed by atoms with van der Waals surface area (Å²) in [5.41, 5.74) is -0.208. The van der Waals surface area contributed by atoms with Crippen molar-refractivity contribution in [3.8, 4) is 18.4 Å². The first-order chi connectivity index (χ1) is 7.00. The van der Waals surface area contributed by atoms with E-state index in [1.54, 1.807) is 26.0 Å². The first kappa shape index (κ1) is 11.1. The third-order valence-corrected chi connectivity index (χ3v) is 1.93. The first-order valence-corrected chi connectivity index (χ1v) is 4.45. The van der Waals surface area contributed by atoms with Gasteiger partial charge in [0.05, 0.1) is 11.2 Å². The average Bonchev–Trinajstić information content (AvgIpc) is 2.18. The van der Waals surface area contributed by atoms with E-state index in [4.69, 9.17) is 11.7 Å². The largest absolute Gasteiger partial charge is 0.368 e. The van der Waals surface area contributed by atoms with Crippen LogP contribution in [-0.2, 0) is 0 Å². The zero-order chi connectivity index (χ0) is 11.5. The molecular weight excluding hydrogens is 191 g/mol. The molecule has 1 rings (SSSR count). The van der Waals surface area contributed by atoms with Crippen molar-refractivity contribution in [3.63, 3.8) is 0 Å². The number of nitrogens with zero attached hydrogens (tertiary/aromatic N) is 1. The molecule has 1 aromatic rings. The third-order valence-electron chi connectivity index (χ3n) is 1.93. The lowest BCUT2D eigenvalue weighted by Crippen LogP contribution is -2.29. The summed E-state index contributed by atoms with van der Waals surface area (Å²) in [4.78, 5) is 0. The second-order valence-electron chi connectivity index (χ2n) is 3.67. The number of benzene rings is 1. The molecule has 0 unspecified atom stereocenters. The SMILES string of the molecule is C#CC(C)(C)Nc1cccc(F)c1C#N. The molecule has 2 nitrogen and oxygen atoms in total. The summed E-state index contributed by atoms with van der Waals surface area (Å²) < 4.78 is 13.2. The smallest absolute Gasteiger partial charge is 0.143 e. The van der Waals surface area contributed by atoms with Gasteiger partial charge in [-0.05, 0) is 26.0 Å². The fourth-order valence-corrected chi connectivity index (χ4v) is 1.11. The molecule has 1 N–H and O–H groups in total. The third kappa shape index (κ3) is 2.48. The first-order valence-electron chi connectivity index (χ1n) is 4.45. The van der Waals surface area contributed by atoms with Gasteiger partial charge in [0.15, 0.2) is 0 Å². The molecule has 0 aromatic heterocycles. The zero-order valence-corrected chi connectivity index (χ0v) is 8.63. The highest BCUT2D eigenvalue weighted by Gasteiger charge is 2.16. The van der Waals surface area contributed by atoms with E-state index in [2.05, 4.69) is 11.2 Å². The Balaban J connectivity index is 3.13. The minimum atomic E-state index is -0.612. The highest BCUT2D eigenvalue weighted by Crippen LogP contribution is 2.21. The summed E-state index contributed by atoms with van der Waals surface area (Å²) in [6.07, 6.45) is 5.29. The number of hydrogen-bond acceptors (Lipinski definition) is 2. The van der Waals surface area contributed by atoms with Crippen LogP contribution in [0.4, 0.5) is 10.1 Å². The maximum atomic E-state index is 13.2. The Morgan fingerprint density at radius 1 is 1.47 bits per heavy atom. The Hall–Kier alpha value is -2.00. The second kappa shape index (κ2) is 4.02. The molecule has 0 aliphatic rings. The van der Waals surface area contributed by atoms with E-state index in [9.17, 15) is 4.39 Å². The lowest BCUT2D eigenvalue weighted by atomic mass is 10.1. The lowest BCUT2D eigenvalue weighted by Gasteiger charge is -2.21. The van der Waals surface area contributed by atoms with Crippen LogP contribution < -0.4 is 5.32 Å². The van der Waals surface area contributed by atoms with Crippen LogP contribution in [0, 0.1) is 29.5 Å². The molecule has 0 bridgehead atoms. The van der Waals surface area contributed by atoms with Crippen molar-refractivity contribution >= 4 is 5.69 Å². The molecule has 0 spiro atoms. The van der Waals surface area contributed by atoms with Gasteiger partial charge in [0.25, 0.3) is 0 Å². The van der Waals surface area contributed by atoms with Gasteiger partial charge in [0.1, 0.15) is 17.4 Å². The van der Waals surface area contributed by atoms with Crippen LogP contribution in [0.1, 0.15) is 19.4 Å². The number of hydrogen-bond donors (Lipinski definition) is 1. The molecule has 0 aliphatic heterocycles. The highest BCUT2D eigenvalue weighted by atomic mass is 19.1. The zero-order valence-electron chi connectivity index (χ0n) is 8.63. The average molecular weight is 202 g/mol. The fourth-order valence-electron chi connectivity index (χ4n) is 1.11. The van der Waals surface area contributed by atoms with Gasteiger partial charge in [0.2, 0.25) is 0 Å². The number of terminal acetylenes is 1. The topological polar surface area (TPSA) is 35.8 Å². The Morgan fingerprint density at radius 3 is 2.67 bits per heavy atom. The Kier molecular flexibility index (Phi) is 2.97. The van der Waals surface area contributed by atoms with E-state index in [1.807, 2.05) is 0 Å². The number of rotatable bonds is 2. The number of halogens is 1. The van der Waals surface area contributed by atoms with Crippen molar-refractivity contribution < 1.29 is 4.39 Å². The van der Waals surface area contributed by atoms with E-state index in [1.165, 1.54) is 12.1 Å². The predicted octanol–water partition coefficient (Wildman–Crippen LogP) is 2.52. The summed E-state index contributed by atoms with van der Waals surface area (Å²) in [5, 5.41) is 11.7. The molecule has 0 saturated carbocycles. The molecular formula is C12H11FN2. The molecule has 0 radical (unpaired) electrons. The minimum absolute atomic E-state index is 0.0131. The molecule has 0 aliphatic carbocycles. The number of anilines is 1. The molecule has 15 heavy (non-hydrogen) atoms. The van der Waals surface area contributed by atoms with Crippen LogP contribution in [0.2, 0.25) is 0 Å². The predicted molar refractivity (Wildman–Crippen MR) is 57.6 cm³/mol. The Labute approximate surface area is 88.7 Å². The standard InChI is InChI=1S/C12H11FN2/c1-4-12(2,3)15-11-7-5-6-10(13)9(11)8-14/h1,5-7,15H,2-3H3. The number of nitrogens with one attached hydrogen (secondary N) is 1. The molecule has 0 saturated heterocycles. The lowest BCUT2D eigenvalue weighted by molar-refractivity contribution is 0.623. The summed E-state index contributed by atoms with van der Waals surface area (Å²) >= 11 is 0. The summed E-state index contributed by atoms with van der Waals surface area (Å²) in [5.74, 6) is 1.97. The maximum absolute atomic E-state index is 13.2. The van der Waals surface area contributed by atoms with Crippen LogP contribution in [0.3, 0.4) is 0 Å². The van der Waals surface area contributed by atoms with Crippen LogP contribution in [0.25, 0.3) is 0 Å².